The highest BCUT2D eigenvalue weighted by atomic mass is 16.4. The van der Waals surface area contributed by atoms with E-state index in [9.17, 15) is 0 Å². The molecule has 1 N–H and O–H groups in total. The minimum atomic E-state index is 0.567. The molecule has 0 aliphatic carbocycles. The molecule has 0 saturated carbocycles. The second-order valence-corrected chi connectivity index (χ2v) is 1.92. The predicted octanol–water partition coefficient (Wildman–Crippen LogP) is 1.57. The van der Waals surface area contributed by atoms with Crippen LogP contribution in [0.2, 0.25) is 0 Å². The Morgan fingerprint density at radius 2 is 2.00 bits per heavy atom. The van der Waals surface area contributed by atoms with Crippen molar-refractivity contribution in [3.8, 4) is 0 Å². The highest BCUT2D eigenvalue weighted by molar-refractivity contribution is 5.60. The number of benzene rings is 1. The maximum Gasteiger partial charge on any atom is 0.109 e. The molecule has 2 heteroatoms. The van der Waals surface area contributed by atoms with Crippen molar-refractivity contribution < 1.29 is 5.21 Å². The Kier molecular flexibility index (Phi) is 2.49. The summed E-state index contributed by atoms with van der Waals surface area (Å²) in [5.74, 6) is 0. The summed E-state index contributed by atoms with van der Waals surface area (Å²) in [4.78, 5) is 0. The first-order valence-corrected chi connectivity index (χ1v) is 3.04. The minimum Gasteiger partial charge on any atom is -0.411 e. The smallest absolute Gasteiger partial charge is 0.109 e. The van der Waals surface area contributed by atoms with Gasteiger partial charge in [0, 0.05) is 6.42 Å². The minimum absolute atomic E-state index is 0.567. The van der Waals surface area contributed by atoms with Crippen molar-refractivity contribution >= 4 is 6.21 Å². The van der Waals surface area contributed by atoms with E-state index in [1.165, 1.54) is 0 Å². The summed E-state index contributed by atoms with van der Waals surface area (Å²) in [7, 11) is 0. The van der Waals surface area contributed by atoms with Crippen molar-refractivity contribution in [3.63, 3.8) is 0 Å². The second kappa shape index (κ2) is 3.67. The molecule has 0 amide bonds. The van der Waals surface area contributed by atoms with E-state index in [4.69, 9.17) is 5.21 Å². The van der Waals surface area contributed by atoms with Gasteiger partial charge >= 0.3 is 0 Å². The molecule has 0 bridgehead atoms. The third-order valence-corrected chi connectivity index (χ3v) is 1.20. The van der Waals surface area contributed by atoms with Crippen LogP contribution in [0.3, 0.4) is 0 Å². The molecule has 0 unspecified atom stereocenters. The maximum atomic E-state index is 8.04. The summed E-state index contributed by atoms with van der Waals surface area (Å²) in [5.41, 5.74) is 1.10. The Morgan fingerprint density at radius 3 is 2.60 bits per heavy atom. The normalized spacial score (nSPS) is 10.4. The lowest BCUT2D eigenvalue weighted by Gasteiger charge is -1.90. The van der Waals surface area contributed by atoms with Crippen LogP contribution in [0.5, 0.6) is 0 Å². The molecule has 0 fully saturated rings. The molecule has 0 saturated heterocycles. The van der Waals surface area contributed by atoms with Gasteiger partial charge in [-0.05, 0) is 5.56 Å². The second-order valence-electron chi connectivity index (χ2n) is 1.92. The van der Waals surface area contributed by atoms with Gasteiger partial charge in [0.1, 0.15) is 6.21 Å². The van der Waals surface area contributed by atoms with Crippen LogP contribution in [0, 0.1) is 0 Å². The van der Waals surface area contributed by atoms with E-state index >= 15 is 0 Å². The summed E-state index contributed by atoms with van der Waals surface area (Å²) < 4.78 is 0. The summed E-state index contributed by atoms with van der Waals surface area (Å²) in [5, 5.41) is 10.8. The van der Waals surface area contributed by atoms with Crippen LogP contribution in [0.25, 0.3) is 0 Å². The molecule has 1 radical (unpaired) electrons. The van der Waals surface area contributed by atoms with E-state index < -0.39 is 0 Å². The van der Waals surface area contributed by atoms with Crippen molar-refractivity contribution in [2.24, 2.45) is 5.16 Å². The first kappa shape index (κ1) is 6.81. The quantitative estimate of drug-likeness (QED) is 0.371. The molecular weight excluding hydrogens is 126 g/mol. The van der Waals surface area contributed by atoms with Crippen molar-refractivity contribution in [1.82, 2.24) is 0 Å². The lowest BCUT2D eigenvalue weighted by molar-refractivity contribution is 0.321. The maximum absolute atomic E-state index is 8.04. The molecule has 0 spiro atoms. The van der Waals surface area contributed by atoms with E-state index in [1.54, 1.807) is 0 Å². The molecule has 1 aromatic rings. The number of hydrogen-bond donors (Lipinski definition) is 1. The number of nitrogens with zero attached hydrogens (tertiary/aromatic N) is 1. The molecule has 1 rings (SSSR count). The van der Waals surface area contributed by atoms with E-state index in [0.29, 0.717) is 6.42 Å². The fourth-order valence-electron chi connectivity index (χ4n) is 0.723. The van der Waals surface area contributed by atoms with Gasteiger partial charge in [-0.15, -0.1) is 0 Å². The fraction of sp³-hybridized carbons (Fsp3) is 0.125. The van der Waals surface area contributed by atoms with Gasteiger partial charge in [0.25, 0.3) is 0 Å². The van der Waals surface area contributed by atoms with Gasteiger partial charge in [0.15, 0.2) is 0 Å². The zero-order chi connectivity index (χ0) is 7.23. The van der Waals surface area contributed by atoms with Crippen LogP contribution in [0.4, 0.5) is 0 Å². The third kappa shape index (κ3) is 1.90. The average Bonchev–Trinajstić information content (AvgIpc) is 2.03. The zero-order valence-electron chi connectivity index (χ0n) is 5.49. The fourth-order valence-corrected chi connectivity index (χ4v) is 0.723. The topological polar surface area (TPSA) is 32.6 Å². The van der Waals surface area contributed by atoms with Crippen molar-refractivity contribution in [2.75, 3.05) is 0 Å². The van der Waals surface area contributed by atoms with Gasteiger partial charge in [-0.1, -0.05) is 35.5 Å². The standard InChI is InChI=1S/C8H8NO/c10-9-7-6-8-4-2-1-3-5-8/h1-5,10H,6H2. The van der Waals surface area contributed by atoms with Crippen LogP contribution >= 0.6 is 0 Å². The summed E-state index contributed by atoms with van der Waals surface area (Å²) in [6.45, 7) is 0. The summed E-state index contributed by atoms with van der Waals surface area (Å²) in [6, 6.07) is 9.73. The van der Waals surface area contributed by atoms with Crippen LogP contribution in [0.15, 0.2) is 35.5 Å². The van der Waals surface area contributed by atoms with Gasteiger partial charge in [-0.25, -0.2) is 0 Å². The molecule has 1 aromatic carbocycles. The van der Waals surface area contributed by atoms with Gasteiger partial charge in [0.05, 0.1) is 0 Å². The summed E-state index contributed by atoms with van der Waals surface area (Å²) >= 11 is 0. The first-order chi connectivity index (χ1) is 4.93. The Morgan fingerprint density at radius 1 is 1.30 bits per heavy atom. The number of hydrogen-bond acceptors (Lipinski definition) is 2. The van der Waals surface area contributed by atoms with Crippen molar-refractivity contribution in [2.45, 2.75) is 6.42 Å². The molecular formula is C8H8NO. The molecule has 0 aromatic heterocycles. The Balaban J connectivity index is 2.59. The number of rotatable bonds is 2. The highest BCUT2D eigenvalue weighted by Gasteiger charge is 1.85. The SMILES string of the molecule is O/N=[C]/Cc1ccccc1. The van der Waals surface area contributed by atoms with Gasteiger partial charge in [0.2, 0.25) is 0 Å². The molecule has 10 heavy (non-hydrogen) atoms. The molecule has 0 atom stereocenters. The lowest BCUT2D eigenvalue weighted by atomic mass is 10.2. The highest BCUT2D eigenvalue weighted by Crippen LogP contribution is 1.96. The molecule has 0 heterocycles. The van der Waals surface area contributed by atoms with Crippen LogP contribution in [0.1, 0.15) is 5.56 Å². The Labute approximate surface area is 59.8 Å². The van der Waals surface area contributed by atoms with Gasteiger partial charge < -0.3 is 5.21 Å². The van der Waals surface area contributed by atoms with E-state index in [-0.39, 0.29) is 0 Å². The van der Waals surface area contributed by atoms with Crippen LogP contribution in [-0.2, 0) is 6.42 Å². The monoisotopic (exact) mass is 134 g/mol. The lowest BCUT2D eigenvalue weighted by Crippen LogP contribution is -1.83. The Hall–Kier alpha value is -1.31. The first-order valence-electron chi connectivity index (χ1n) is 3.04. The van der Waals surface area contributed by atoms with E-state index in [2.05, 4.69) is 11.4 Å². The van der Waals surface area contributed by atoms with Gasteiger partial charge in [-0.2, -0.15) is 0 Å². The van der Waals surface area contributed by atoms with E-state index in [1.807, 2.05) is 30.3 Å². The van der Waals surface area contributed by atoms with E-state index in [0.717, 1.165) is 5.56 Å². The average molecular weight is 134 g/mol. The Bertz CT molecular complexity index is 206. The summed E-state index contributed by atoms with van der Waals surface area (Å²) in [6.07, 6.45) is 3.01. The molecule has 0 aliphatic rings. The molecule has 0 aliphatic heterocycles. The van der Waals surface area contributed by atoms with Crippen LogP contribution < -0.4 is 0 Å². The van der Waals surface area contributed by atoms with Crippen molar-refractivity contribution in [3.05, 3.63) is 35.9 Å². The molecule has 2 nitrogen and oxygen atoms in total. The van der Waals surface area contributed by atoms with Gasteiger partial charge in [-0.3, -0.25) is 0 Å². The molecule has 51 valence electrons. The van der Waals surface area contributed by atoms with Crippen molar-refractivity contribution in [1.29, 1.82) is 0 Å². The predicted molar refractivity (Wildman–Crippen MR) is 39.4 cm³/mol. The van der Waals surface area contributed by atoms with Crippen LogP contribution in [-0.4, -0.2) is 11.4 Å². The zero-order valence-corrected chi connectivity index (χ0v) is 5.49. The largest absolute Gasteiger partial charge is 0.411 e. The third-order valence-electron chi connectivity index (χ3n) is 1.20.